The number of aryl methyl sites for hydroxylation is 2. The quantitative estimate of drug-likeness (QED) is 0.655. The highest BCUT2D eigenvalue weighted by atomic mass is 32.1. The average molecular weight is 383 g/mol. The molecular formula is C21H22N2OS2. The van der Waals surface area contributed by atoms with E-state index in [2.05, 4.69) is 52.1 Å². The van der Waals surface area contributed by atoms with Gasteiger partial charge in [-0.25, -0.2) is 4.98 Å². The van der Waals surface area contributed by atoms with Crippen molar-refractivity contribution in [2.75, 3.05) is 6.54 Å². The average Bonchev–Trinajstić information content (AvgIpc) is 3.36. The van der Waals surface area contributed by atoms with Crippen molar-refractivity contribution in [3.05, 3.63) is 62.8 Å². The number of carbonyl (C=O) groups is 1. The van der Waals surface area contributed by atoms with E-state index < -0.39 is 0 Å². The molecule has 0 fully saturated rings. The molecule has 0 saturated carbocycles. The Balaban J connectivity index is 1.26. The summed E-state index contributed by atoms with van der Waals surface area (Å²) >= 11 is 3.45. The predicted octanol–water partition coefficient (Wildman–Crippen LogP) is 4.96. The largest absolute Gasteiger partial charge is 0.356 e. The first-order valence-corrected chi connectivity index (χ1v) is 10.7. The van der Waals surface area contributed by atoms with Crippen LogP contribution in [0.3, 0.4) is 0 Å². The second kappa shape index (κ2) is 7.72. The Labute approximate surface area is 162 Å². The number of thiazole rings is 1. The summed E-state index contributed by atoms with van der Waals surface area (Å²) in [5.41, 5.74) is 3.84. The molecule has 4 rings (SSSR count). The normalized spacial score (nSPS) is 15.8. The van der Waals surface area contributed by atoms with Crippen LogP contribution in [-0.2, 0) is 17.6 Å². The van der Waals surface area contributed by atoms with Gasteiger partial charge in [-0.15, -0.1) is 22.7 Å². The lowest BCUT2D eigenvalue weighted by Crippen LogP contribution is -2.26. The third kappa shape index (κ3) is 3.89. The van der Waals surface area contributed by atoms with Crippen molar-refractivity contribution in [2.45, 2.75) is 38.5 Å². The summed E-state index contributed by atoms with van der Waals surface area (Å²) in [5, 5.41) is 6.29. The highest BCUT2D eigenvalue weighted by Gasteiger charge is 2.23. The Hall–Kier alpha value is -1.98. The number of amides is 1. The molecule has 0 radical (unpaired) electrons. The van der Waals surface area contributed by atoms with Crippen LogP contribution in [0.1, 0.15) is 39.8 Å². The number of hydrogen-bond donors (Lipinski definition) is 1. The fraction of sp³-hybridized carbons (Fsp3) is 0.333. The number of benzene rings is 1. The van der Waals surface area contributed by atoms with Gasteiger partial charge in [-0.1, -0.05) is 24.3 Å². The second-order valence-electron chi connectivity index (χ2n) is 6.76. The minimum absolute atomic E-state index is 0.165. The number of fused-ring (bicyclic) bond motifs is 1. The first-order chi connectivity index (χ1) is 12.7. The lowest BCUT2D eigenvalue weighted by molar-refractivity contribution is -0.121. The Kier molecular flexibility index (Phi) is 5.18. The van der Waals surface area contributed by atoms with Crippen molar-refractivity contribution < 1.29 is 4.79 Å². The van der Waals surface area contributed by atoms with E-state index >= 15 is 0 Å². The number of aromatic nitrogens is 1. The van der Waals surface area contributed by atoms with Crippen LogP contribution in [0.2, 0.25) is 0 Å². The molecular weight excluding hydrogens is 360 g/mol. The van der Waals surface area contributed by atoms with Crippen molar-refractivity contribution >= 4 is 28.6 Å². The van der Waals surface area contributed by atoms with Crippen LogP contribution in [0.5, 0.6) is 0 Å². The lowest BCUT2D eigenvalue weighted by atomic mass is 9.97. The fourth-order valence-corrected chi connectivity index (χ4v) is 5.26. The second-order valence-corrected chi connectivity index (χ2v) is 8.99. The molecule has 1 aliphatic carbocycles. The van der Waals surface area contributed by atoms with Crippen molar-refractivity contribution in [1.82, 2.24) is 10.3 Å². The molecule has 1 aromatic carbocycles. The predicted molar refractivity (Wildman–Crippen MR) is 109 cm³/mol. The van der Waals surface area contributed by atoms with Gasteiger partial charge < -0.3 is 5.32 Å². The molecule has 1 N–H and O–H groups in total. The zero-order valence-corrected chi connectivity index (χ0v) is 16.5. The van der Waals surface area contributed by atoms with E-state index in [1.54, 1.807) is 22.7 Å². The Morgan fingerprint density at radius 3 is 3.00 bits per heavy atom. The number of hydrogen-bond acceptors (Lipinski definition) is 4. The zero-order chi connectivity index (χ0) is 17.9. The smallest absolute Gasteiger partial charge is 0.220 e. The van der Waals surface area contributed by atoms with Gasteiger partial charge in [-0.05, 0) is 55.4 Å². The van der Waals surface area contributed by atoms with Crippen LogP contribution < -0.4 is 5.32 Å². The number of rotatable bonds is 6. The maximum absolute atomic E-state index is 12.3. The monoisotopic (exact) mass is 382 g/mol. The summed E-state index contributed by atoms with van der Waals surface area (Å²) in [6.45, 7) is 2.73. The van der Waals surface area contributed by atoms with Crippen molar-refractivity contribution in [2.24, 2.45) is 0 Å². The molecule has 1 amide bonds. The Morgan fingerprint density at radius 1 is 1.27 bits per heavy atom. The molecule has 0 saturated heterocycles. The molecule has 3 aromatic rings. The maximum Gasteiger partial charge on any atom is 0.220 e. The van der Waals surface area contributed by atoms with E-state index in [1.165, 1.54) is 20.9 Å². The van der Waals surface area contributed by atoms with Gasteiger partial charge >= 0.3 is 0 Å². The minimum atomic E-state index is 0.165. The molecule has 1 aliphatic rings. The standard InChI is InChI=1S/C21H22N2OS2/c1-14-23-19(13-25-14)20-9-8-17(26-20)10-11-22-21(24)12-16-7-6-15-4-2-3-5-18(15)16/h2-5,8-9,13,16H,6-7,10-12H2,1H3,(H,22,24). The highest BCUT2D eigenvalue weighted by Crippen LogP contribution is 2.35. The molecule has 3 nitrogen and oxygen atoms in total. The zero-order valence-electron chi connectivity index (χ0n) is 14.8. The van der Waals surface area contributed by atoms with Gasteiger partial charge in [-0.2, -0.15) is 0 Å². The van der Waals surface area contributed by atoms with E-state index in [1.807, 2.05) is 6.92 Å². The van der Waals surface area contributed by atoms with E-state index in [4.69, 9.17) is 0 Å². The molecule has 26 heavy (non-hydrogen) atoms. The fourth-order valence-electron chi connectivity index (χ4n) is 3.61. The number of nitrogens with zero attached hydrogens (tertiary/aromatic N) is 1. The highest BCUT2D eigenvalue weighted by molar-refractivity contribution is 7.16. The molecule has 2 aromatic heterocycles. The van der Waals surface area contributed by atoms with E-state index in [9.17, 15) is 4.79 Å². The van der Waals surface area contributed by atoms with Gasteiger partial charge in [0.2, 0.25) is 5.91 Å². The third-order valence-electron chi connectivity index (χ3n) is 4.92. The number of nitrogens with one attached hydrogen (secondary N) is 1. The summed E-state index contributed by atoms with van der Waals surface area (Å²) in [5.74, 6) is 0.547. The lowest BCUT2D eigenvalue weighted by Gasteiger charge is -2.11. The van der Waals surface area contributed by atoms with Gasteiger partial charge in [0.05, 0.1) is 15.6 Å². The summed E-state index contributed by atoms with van der Waals surface area (Å²) in [4.78, 5) is 19.3. The van der Waals surface area contributed by atoms with Gasteiger partial charge in [-0.3, -0.25) is 4.79 Å². The molecule has 1 atom stereocenters. The maximum atomic E-state index is 12.3. The van der Waals surface area contributed by atoms with Gasteiger partial charge in [0.25, 0.3) is 0 Å². The van der Waals surface area contributed by atoms with Crippen LogP contribution in [0.4, 0.5) is 0 Å². The van der Waals surface area contributed by atoms with Gasteiger partial charge in [0.1, 0.15) is 0 Å². The Morgan fingerprint density at radius 2 is 2.15 bits per heavy atom. The van der Waals surface area contributed by atoms with Crippen LogP contribution >= 0.6 is 22.7 Å². The van der Waals surface area contributed by atoms with Crippen molar-refractivity contribution in [1.29, 1.82) is 0 Å². The van der Waals surface area contributed by atoms with E-state index in [0.717, 1.165) is 30.0 Å². The first kappa shape index (κ1) is 17.4. The molecule has 0 bridgehead atoms. The summed E-state index contributed by atoms with van der Waals surface area (Å²) in [6.07, 6.45) is 3.67. The minimum Gasteiger partial charge on any atom is -0.356 e. The Bertz CT molecular complexity index is 912. The summed E-state index contributed by atoms with van der Waals surface area (Å²) in [6, 6.07) is 12.8. The van der Waals surface area contributed by atoms with E-state index in [0.29, 0.717) is 18.9 Å². The summed E-state index contributed by atoms with van der Waals surface area (Å²) in [7, 11) is 0. The molecule has 1 unspecified atom stereocenters. The van der Waals surface area contributed by atoms with Crippen LogP contribution in [0.25, 0.3) is 10.6 Å². The van der Waals surface area contributed by atoms with Gasteiger partial charge in [0.15, 0.2) is 0 Å². The van der Waals surface area contributed by atoms with Gasteiger partial charge in [0, 0.05) is 23.2 Å². The summed E-state index contributed by atoms with van der Waals surface area (Å²) < 4.78 is 0. The SMILES string of the molecule is Cc1nc(-c2ccc(CCNC(=O)CC3CCc4ccccc43)s2)cs1. The molecule has 0 aliphatic heterocycles. The van der Waals surface area contributed by atoms with Crippen LogP contribution in [0, 0.1) is 6.92 Å². The first-order valence-electron chi connectivity index (χ1n) is 9.05. The number of thiophene rings is 1. The van der Waals surface area contributed by atoms with Crippen LogP contribution in [0.15, 0.2) is 41.8 Å². The third-order valence-corrected chi connectivity index (χ3v) is 6.86. The molecule has 0 spiro atoms. The molecule has 134 valence electrons. The molecule has 5 heteroatoms. The number of carbonyl (C=O) groups excluding carboxylic acids is 1. The van der Waals surface area contributed by atoms with Crippen LogP contribution in [-0.4, -0.2) is 17.4 Å². The van der Waals surface area contributed by atoms with Crippen molar-refractivity contribution in [3.63, 3.8) is 0 Å². The topological polar surface area (TPSA) is 42.0 Å². The van der Waals surface area contributed by atoms with Crippen molar-refractivity contribution in [3.8, 4) is 10.6 Å². The molecule has 2 heterocycles. The van der Waals surface area contributed by atoms with E-state index in [-0.39, 0.29) is 5.91 Å².